The summed E-state index contributed by atoms with van der Waals surface area (Å²) in [4.78, 5) is 15.3. The number of hydrogen-bond acceptors (Lipinski definition) is 2. The van der Waals surface area contributed by atoms with Crippen molar-refractivity contribution >= 4 is 0 Å². The molecule has 17 heavy (non-hydrogen) atoms. The predicted molar refractivity (Wildman–Crippen MR) is 54.8 cm³/mol. The van der Waals surface area contributed by atoms with Crippen LogP contribution in [0.4, 0.5) is 13.2 Å². The number of pyridine rings is 2. The summed E-state index contributed by atoms with van der Waals surface area (Å²) in [6.07, 6.45) is -2.34. The second-order valence-electron chi connectivity index (χ2n) is 3.31. The van der Waals surface area contributed by atoms with Crippen LogP contribution in [0.2, 0.25) is 0 Å². The summed E-state index contributed by atoms with van der Waals surface area (Å²) in [6, 6.07) is 6.29. The van der Waals surface area contributed by atoms with Gasteiger partial charge in [0.1, 0.15) is 5.82 Å². The van der Waals surface area contributed by atoms with E-state index in [0.29, 0.717) is 0 Å². The van der Waals surface area contributed by atoms with Gasteiger partial charge in [-0.05, 0) is 18.2 Å². The topological polar surface area (TPSA) is 34.9 Å². The van der Waals surface area contributed by atoms with E-state index in [0.717, 1.165) is 22.9 Å². The van der Waals surface area contributed by atoms with E-state index in [2.05, 4.69) is 4.98 Å². The molecule has 2 aromatic heterocycles. The van der Waals surface area contributed by atoms with Crippen LogP contribution in [0.15, 0.2) is 47.5 Å². The van der Waals surface area contributed by atoms with Crippen molar-refractivity contribution in [3.8, 4) is 5.82 Å². The molecule has 88 valence electrons. The van der Waals surface area contributed by atoms with Gasteiger partial charge >= 0.3 is 6.18 Å². The Kier molecular flexibility index (Phi) is 2.71. The van der Waals surface area contributed by atoms with Crippen LogP contribution in [0.3, 0.4) is 0 Å². The quantitative estimate of drug-likeness (QED) is 0.766. The Morgan fingerprint density at radius 1 is 1.12 bits per heavy atom. The van der Waals surface area contributed by atoms with E-state index in [1.165, 1.54) is 12.3 Å². The van der Waals surface area contributed by atoms with Gasteiger partial charge in [-0.3, -0.25) is 9.36 Å². The van der Waals surface area contributed by atoms with Crippen LogP contribution in [0.25, 0.3) is 5.82 Å². The van der Waals surface area contributed by atoms with Crippen molar-refractivity contribution in [1.82, 2.24) is 9.55 Å². The molecule has 0 N–H and O–H groups in total. The summed E-state index contributed by atoms with van der Waals surface area (Å²) in [6.45, 7) is 0. The van der Waals surface area contributed by atoms with E-state index in [4.69, 9.17) is 0 Å². The average Bonchev–Trinajstić information content (AvgIpc) is 2.29. The Hall–Kier alpha value is -2.11. The molecule has 0 spiro atoms. The van der Waals surface area contributed by atoms with Crippen molar-refractivity contribution in [2.75, 3.05) is 0 Å². The summed E-state index contributed by atoms with van der Waals surface area (Å²) in [5.41, 5.74) is -1.44. The number of rotatable bonds is 1. The number of aromatic nitrogens is 2. The van der Waals surface area contributed by atoms with E-state index in [9.17, 15) is 18.0 Å². The van der Waals surface area contributed by atoms with E-state index < -0.39 is 17.3 Å². The normalized spacial score (nSPS) is 11.5. The van der Waals surface area contributed by atoms with E-state index in [1.54, 1.807) is 12.1 Å². The molecule has 0 aliphatic rings. The Labute approximate surface area is 94.2 Å². The maximum atomic E-state index is 12.5. The molecule has 0 saturated carbocycles. The standard InChI is InChI=1S/C11H7F3N2O/c12-11(13,14)8-4-5-10(17)16(7-8)9-3-1-2-6-15-9/h1-7H. The molecule has 2 aromatic rings. The van der Waals surface area contributed by atoms with Crippen molar-refractivity contribution in [3.05, 3.63) is 58.6 Å². The van der Waals surface area contributed by atoms with Crippen LogP contribution in [0.1, 0.15) is 5.56 Å². The first-order chi connectivity index (χ1) is 7.98. The van der Waals surface area contributed by atoms with Gasteiger partial charge in [-0.1, -0.05) is 6.07 Å². The highest BCUT2D eigenvalue weighted by Gasteiger charge is 2.31. The largest absolute Gasteiger partial charge is 0.417 e. The van der Waals surface area contributed by atoms with Gasteiger partial charge in [0, 0.05) is 18.5 Å². The highest BCUT2D eigenvalue weighted by atomic mass is 19.4. The Morgan fingerprint density at radius 2 is 1.88 bits per heavy atom. The molecule has 0 fully saturated rings. The lowest BCUT2D eigenvalue weighted by molar-refractivity contribution is -0.138. The van der Waals surface area contributed by atoms with Crippen LogP contribution < -0.4 is 5.56 Å². The summed E-state index contributed by atoms with van der Waals surface area (Å²) in [5, 5.41) is 0. The van der Waals surface area contributed by atoms with Gasteiger partial charge in [0.05, 0.1) is 5.56 Å². The number of hydrogen-bond donors (Lipinski definition) is 0. The molecule has 0 atom stereocenters. The van der Waals surface area contributed by atoms with E-state index in [-0.39, 0.29) is 5.82 Å². The average molecular weight is 240 g/mol. The second kappa shape index (κ2) is 4.04. The predicted octanol–water partition coefficient (Wildman–Crippen LogP) is 2.25. The number of alkyl halides is 3. The fourth-order valence-electron chi connectivity index (χ4n) is 1.33. The van der Waals surface area contributed by atoms with E-state index >= 15 is 0 Å². The maximum absolute atomic E-state index is 12.5. The first kappa shape index (κ1) is 11.4. The SMILES string of the molecule is O=c1ccc(C(F)(F)F)cn1-c1ccccn1. The molecule has 0 amide bonds. The summed E-state index contributed by atoms with van der Waals surface area (Å²) >= 11 is 0. The molecular weight excluding hydrogens is 233 g/mol. The van der Waals surface area contributed by atoms with Crippen molar-refractivity contribution in [2.45, 2.75) is 6.18 Å². The zero-order chi connectivity index (χ0) is 12.5. The van der Waals surface area contributed by atoms with Crippen molar-refractivity contribution in [1.29, 1.82) is 0 Å². The van der Waals surface area contributed by atoms with Gasteiger partial charge in [0.2, 0.25) is 0 Å². The van der Waals surface area contributed by atoms with Crippen LogP contribution in [-0.2, 0) is 6.18 Å². The van der Waals surface area contributed by atoms with Crippen molar-refractivity contribution in [3.63, 3.8) is 0 Å². The van der Waals surface area contributed by atoms with Gasteiger partial charge in [-0.25, -0.2) is 4.98 Å². The third-order valence-electron chi connectivity index (χ3n) is 2.13. The first-order valence-corrected chi connectivity index (χ1v) is 4.70. The van der Waals surface area contributed by atoms with Gasteiger partial charge in [0.25, 0.3) is 5.56 Å². The lowest BCUT2D eigenvalue weighted by Gasteiger charge is -2.09. The van der Waals surface area contributed by atoms with Crippen molar-refractivity contribution < 1.29 is 13.2 Å². The molecule has 0 unspecified atom stereocenters. The molecule has 0 radical (unpaired) electrons. The molecule has 2 rings (SSSR count). The molecule has 3 nitrogen and oxygen atoms in total. The van der Waals surface area contributed by atoms with Crippen LogP contribution >= 0.6 is 0 Å². The number of nitrogens with zero attached hydrogens (tertiary/aromatic N) is 2. The Morgan fingerprint density at radius 3 is 2.47 bits per heavy atom. The Bertz CT molecular complexity index is 575. The zero-order valence-electron chi connectivity index (χ0n) is 8.48. The second-order valence-corrected chi connectivity index (χ2v) is 3.31. The summed E-state index contributed by atoms with van der Waals surface area (Å²) < 4.78 is 38.3. The molecule has 0 bridgehead atoms. The lowest BCUT2D eigenvalue weighted by Crippen LogP contribution is -2.20. The zero-order valence-corrected chi connectivity index (χ0v) is 8.48. The fourth-order valence-corrected chi connectivity index (χ4v) is 1.33. The molecule has 0 aliphatic heterocycles. The monoisotopic (exact) mass is 240 g/mol. The lowest BCUT2D eigenvalue weighted by atomic mass is 10.2. The molecule has 2 heterocycles. The minimum Gasteiger partial charge on any atom is -0.269 e. The third kappa shape index (κ3) is 2.35. The van der Waals surface area contributed by atoms with Crippen LogP contribution in [-0.4, -0.2) is 9.55 Å². The third-order valence-corrected chi connectivity index (χ3v) is 2.13. The highest BCUT2D eigenvalue weighted by molar-refractivity contribution is 5.25. The van der Waals surface area contributed by atoms with Crippen molar-refractivity contribution in [2.24, 2.45) is 0 Å². The van der Waals surface area contributed by atoms with Gasteiger partial charge in [-0.2, -0.15) is 13.2 Å². The summed E-state index contributed by atoms with van der Waals surface area (Å²) in [7, 11) is 0. The summed E-state index contributed by atoms with van der Waals surface area (Å²) in [5.74, 6) is 0.156. The van der Waals surface area contributed by atoms with Gasteiger partial charge in [-0.15, -0.1) is 0 Å². The Balaban J connectivity index is 2.59. The first-order valence-electron chi connectivity index (χ1n) is 4.70. The minimum atomic E-state index is -4.48. The molecular formula is C11H7F3N2O. The van der Waals surface area contributed by atoms with Crippen LogP contribution in [0.5, 0.6) is 0 Å². The molecule has 0 aliphatic carbocycles. The number of halogens is 3. The van der Waals surface area contributed by atoms with E-state index in [1.807, 2.05) is 0 Å². The minimum absolute atomic E-state index is 0.156. The van der Waals surface area contributed by atoms with Gasteiger partial charge < -0.3 is 0 Å². The van der Waals surface area contributed by atoms with Gasteiger partial charge in [0.15, 0.2) is 0 Å². The van der Waals surface area contributed by atoms with Crippen LogP contribution in [0, 0.1) is 0 Å². The smallest absolute Gasteiger partial charge is 0.269 e. The molecule has 0 saturated heterocycles. The highest BCUT2D eigenvalue weighted by Crippen LogP contribution is 2.28. The fraction of sp³-hybridized carbons (Fsp3) is 0.0909. The molecule has 0 aromatic carbocycles. The molecule has 6 heteroatoms. The maximum Gasteiger partial charge on any atom is 0.417 e.